The molecule has 0 radical (unpaired) electrons. The smallest absolute Gasteiger partial charge is 0.271 e. The Morgan fingerprint density at radius 1 is 1.22 bits per heavy atom. The van der Waals surface area contributed by atoms with Crippen LogP contribution in [0.5, 0.6) is 5.75 Å². The van der Waals surface area contributed by atoms with Gasteiger partial charge in [0.05, 0.1) is 16.6 Å². The number of hydrogen-bond donors (Lipinski definition) is 3. The summed E-state index contributed by atoms with van der Waals surface area (Å²) in [6, 6.07) is 4.02. The van der Waals surface area contributed by atoms with E-state index in [1.807, 2.05) is 0 Å². The molecule has 0 atom stereocenters. The summed E-state index contributed by atoms with van der Waals surface area (Å²) >= 11 is 5.93. The van der Waals surface area contributed by atoms with Gasteiger partial charge in [0.15, 0.2) is 0 Å². The number of nitro groups is 1. The van der Waals surface area contributed by atoms with Crippen molar-refractivity contribution in [1.82, 2.24) is 9.97 Å². The van der Waals surface area contributed by atoms with Crippen LogP contribution in [0.2, 0.25) is 5.02 Å². The summed E-state index contributed by atoms with van der Waals surface area (Å²) in [5.41, 5.74) is 17.4. The highest BCUT2D eigenvalue weighted by molar-refractivity contribution is 6.32. The molecule has 0 spiro atoms. The molecule has 0 bridgehead atoms. The zero-order chi connectivity index (χ0) is 17.0. The van der Waals surface area contributed by atoms with Crippen molar-refractivity contribution in [3.05, 3.63) is 38.9 Å². The summed E-state index contributed by atoms with van der Waals surface area (Å²) in [5, 5.41) is 10.8. The van der Waals surface area contributed by atoms with Gasteiger partial charge in [-0.25, -0.2) is 0 Å². The number of ether oxygens (including phenoxy) is 1. The number of benzene rings is 1. The molecule has 0 aliphatic rings. The summed E-state index contributed by atoms with van der Waals surface area (Å²) < 4.78 is 5.50. The molecule has 0 saturated heterocycles. The Morgan fingerprint density at radius 3 is 2.43 bits per heavy atom. The summed E-state index contributed by atoms with van der Waals surface area (Å²) in [7, 11) is 0. The molecule has 122 valence electrons. The first-order chi connectivity index (χ1) is 10.9. The lowest BCUT2D eigenvalue weighted by atomic mass is 10.1. The average molecular weight is 339 g/mol. The minimum atomic E-state index is -0.525. The topological polar surface area (TPSA) is 156 Å². The van der Waals surface area contributed by atoms with Crippen molar-refractivity contribution in [3.8, 4) is 5.75 Å². The maximum Gasteiger partial charge on any atom is 0.271 e. The second-order valence-electron chi connectivity index (χ2n) is 4.65. The molecule has 23 heavy (non-hydrogen) atoms. The van der Waals surface area contributed by atoms with Crippen LogP contribution in [0.3, 0.4) is 0 Å². The molecule has 0 amide bonds. The van der Waals surface area contributed by atoms with Gasteiger partial charge in [-0.05, 0) is 18.9 Å². The highest BCUT2D eigenvalue weighted by Gasteiger charge is 2.11. The van der Waals surface area contributed by atoms with Crippen molar-refractivity contribution in [2.24, 2.45) is 0 Å². The molecule has 2 rings (SSSR count). The summed E-state index contributed by atoms with van der Waals surface area (Å²) in [4.78, 5) is 17.8. The van der Waals surface area contributed by atoms with E-state index in [9.17, 15) is 10.1 Å². The number of halogens is 1. The number of nitrogens with two attached hydrogens (primary N) is 3. The van der Waals surface area contributed by atoms with Crippen LogP contribution in [0, 0.1) is 10.1 Å². The van der Waals surface area contributed by atoms with Crippen LogP contribution in [0.25, 0.3) is 0 Å². The van der Waals surface area contributed by atoms with Gasteiger partial charge in [0, 0.05) is 17.7 Å². The largest absolute Gasteiger partial charge is 0.492 e. The highest BCUT2D eigenvalue weighted by atomic mass is 35.5. The zero-order valence-corrected chi connectivity index (χ0v) is 12.8. The molecule has 1 aromatic carbocycles. The molecular formula is C13H15ClN6O3. The van der Waals surface area contributed by atoms with Crippen LogP contribution < -0.4 is 21.9 Å². The normalized spacial score (nSPS) is 10.5. The minimum absolute atomic E-state index is 0.0256. The van der Waals surface area contributed by atoms with Crippen molar-refractivity contribution in [2.75, 3.05) is 23.8 Å². The molecule has 1 aromatic heterocycles. The maximum atomic E-state index is 10.6. The monoisotopic (exact) mass is 338 g/mol. The molecule has 0 unspecified atom stereocenters. The fourth-order valence-electron chi connectivity index (χ4n) is 1.95. The van der Waals surface area contributed by atoms with Gasteiger partial charge in [0.1, 0.15) is 17.4 Å². The molecule has 1 heterocycles. The van der Waals surface area contributed by atoms with Gasteiger partial charge in [-0.2, -0.15) is 9.97 Å². The Bertz CT molecular complexity index is 717. The van der Waals surface area contributed by atoms with Gasteiger partial charge in [-0.3, -0.25) is 10.1 Å². The predicted octanol–water partition coefficient (Wildman–Crippen LogP) is 1.80. The molecule has 6 N–H and O–H groups in total. The van der Waals surface area contributed by atoms with Crippen LogP contribution in [0.15, 0.2) is 18.2 Å². The lowest BCUT2D eigenvalue weighted by Gasteiger charge is -2.10. The lowest BCUT2D eigenvalue weighted by Crippen LogP contribution is -2.10. The van der Waals surface area contributed by atoms with Crippen LogP contribution in [-0.4, -0.2) is 21.5 Å². The molecule has 2 aromatic rings. The van der Waals surface area contributed by atoms with Gasteiger partial charge in [-0.1, -0.05) is 11.6 Å². The summed E-state index contributed by atoms with van der Waals surface area (Å²) in [5.74, 6) is 0.871. The van der Waals surface area contributed by atoms with E-state index in [0.717, 1.165) is 0 Å². The number of non-ortho nitro benzene ring substituents is 1. The van der Waals surface area contributed by atoms with Crippen molar-refractivity contribution in [2.45, 2.75) is 12.8 Å². The van der Waals surface area contributed by atoms with Crippen LogP contribution in [0.1, 0.15) is 12.0 Å². The number of nitrogen functional groups attached to an aromatic ring is 3. The third kappa shape index (κ3) is 4.10. The minimum Gasteiger partial charge on any atom is -0.492 e. The molecule has 0 aliphatic heterocycles. The van der Waals surface area contributed by atoms with E-state index in [1.165, 1.54) is 18.2 Å². The molecule has 9 nitrogen and oxygen atoms in total. The van der Waals surface area contributed by atoms with Gasteiger partial charge < -0.3 is 21.9 Å². The fraction of sp³-hybridized carbons (Fsp3) is 0.231. The van der Waals surface area contributed by atoms with E-state index in [0.29, 0.717) is 30.8 Å². The Kier molecular flexibility index (Phi) is 5.02. The first-order valence-corrected chi connectivity index (χ1v) is 7.00. The highest BCUT2D eigenvalue weighted by Crippen LogP contribution is 2.29. The molecule has 10 heteroatoms. The van der Waals surface area contributed by atoms with E-state index in [2.05, 4.69) is 9.97 Å². The van der Waals surface area contributed by atoms with Crippen LogP contribution >= 0.6 is 11.6 Å². The van der Waals surface area contributed by atoms with Crippen molar-refractivity contribution in [1.29, 1.82) is 0 Å². The predicted molar refractivity (Wildman–Crippen MR) is 87.2 cm³/mol. The van der Waals surface area contributed by atoms with E-state index >= 15 is 0 Å². The Hall–Kier alpha value is -2.81. The SMILES string of the molecule is Nc1nc(N)c(CCCOc2ccc([N+](=O)[O-])cc2Cl)c(N)n1. The lowest BCUT2D eigenvalue weighted by molar-refractivity contribution is -0.384. The molecular weight excluding hydrogens is 324 g/mol. The number of aromatic nitrogens is 2. The summed E-state index contributed by atoms with van der Waals surface area (Å²) in [6.07, 6.45) is 1.08. The molecule has 0 saturated carbocycles. The van der Waals surface area contributed by atoms with Gasteiger partial charge >= 0.3 is 0 Å². The van der Waals surface area contributed by atoms with E-state index in [-0.39, 0.29) is 28.3 Å². The zero-order valence-electron chi connectivity index (χ0n) is 12.0. The van der Waals surface area contributed by atoms with Crippen molar-refractivity contribution >= 4 is 34.9 Å². The maximum absolute atomic E-state index is 10.6. The van der Waals surface area contributed by atoms with E-state index < -0.39 is 4.92 Å². The molecule has 0 fully saturated rings. The number of nitro benzene ring substituents is 1. The Balaban J connectivity index is 1.92. The van der Waals surface area contributed by atoms with Gasteiger partial charge in [0.25, 0.3) is 5.69 Å². The standard InChI is InChI=1S/C13H15ClN6O3/c14-9-6-7(20(21)22)3-4-10(9)23-5-1-2-8-11(15)18-13(17)19-12(8)16/h3-4,6H,1-2,5H2,(H6,15,16,17,18,19). The van der Waals surface area contributed by atoms with Crippen LogP contribution in [-0.2, 0) is 6.42 Å². The first kappa shape index (κ1) is 16.6. The summed E-state index contributed by atoms with van der Waals surface area (Å²) in [6.45, 7) is 0.320. The van der Waals surface area contributed by atoms with Gasteiger partial charge in [0.2, 0.25) is 5.95 Å². The number of nitrogens with zero attached hydrogens (tertiary/aromatic N) is 3. The Labute approximate surface area is 136 Å². The van der Waals surface area contributed by atoms with E-state index in [4.69, 9.17) is 33.5 Å². The van der Waals surface area contributed by atoms with Crippen molar-refractivity contribution < 1.29 is 9.66 Å². The van der Waals surface area contributed by atoms with E-state index in [1.54, 1.807) is 0 Å². The van der Waals surface area contributed by atoms with Crippen LogP contribution in [0.4, 0.5) is 23.3 Å². The number of hydrogen-bond acceptors (Lipinski definition) is 8. The third-order valence-corrected chi connectivity index (χ3v) is 3.34. The number of rotatable bonds is 6. The first-order valence-electron chi connectivity index (χ1n) is 6.62. The molecule has 0 aliphatic carbocycles. The second kappa shape index (κ2) is 6.97. The quantitative estimate of drug-likeness (QED) is 0.408. The Morgan fingerprint density at radius 2 is 1.87 bits per heavy atom. The fourth-order valence-corrected chi connectivity index (χ4v) is 2.17. The van der Waals surface area contributed by atoms with Gasteiger partial charge in [-0.15, -0.1) is 0 Å². The number of anilines is 3. The van der Waals surface area contributed by atoms with Crippen molar-refractivity contribution in [3.63, 3.8) is 0 Å². The third-order valence-electron chi connectivity index (χ3n) is 3.04. The second-order valence-corrected chi connectivity index (χ2v) is 5.06. The average Bonchev–Trinajstić information content (AvgIpc) is 2.46.